The number of aliphatic hydroxyl groups is 2. The molecule has 0 aliphatic carbocycles. The van der Waals surface area contributed by atoms with Gasteiger partial charge in [0.2, 0.25) is 0 Å². The Balaban J connectivity index is 4.30. The van der Waals surface area contributed by atoms with Crippen LogP contribution in [0.2, 0.25) is 0 Å². The van der Waals surface area contributed by atoms with Gasteiger partial charge in [-0.05, 0) is 89.9 Å². The molecule has 0 radical (unpaired) electrons. The van der Waals surface area contributed by atoms with Crippen molar-refractivity contribution in [3.05, 3.63) is 85.1 Å². The number of phosphoric ester groups is 1. The molecule has 0 aliphatic heterocycles. The highest BCUT2D eigenvalue weighted by atomic mass is 31.2. The van der Waals surface area contributed by atoms with Crippen LogP contribution in [0.5, 0.6) is 0 Å². The van der Waals surface area contributed by atoms with Gasteiger partial charge in [-0.15, -0.1) is 0 Å². The molecule has 9 nitrogen and oxygen atoms in total. The van der Waals surface area contributed by atoms with Crippen molar-refractivity contribution in [2.75, 3.05) is 33.0 Å². The van der Waals surface area contributed by atoms with E-state index in [4.69, 9.17) is 23.6 Å². The number of unbranched alkanes of at least 4 members (excludes halogenated alkanes) is 12. The molecule has 3 atom stereocenters. The molecule has 0 saturated heterocycles. The quantitative estimate of drug-likeness (QED) is 0.0240. The monoisotopic (exact) mass is 807 g/mol. The topological polar surface area (TPSA) is 132 Å². The maximum Gasteiger partial charge on any atom is 0.472 e. The molecule has 0 rings (SSSR count). The molecule has 0 aliphatic rings. The third kappa shape index (κ3) is 41.3. The lowest BCUT2D eigenvalue weighted by Gasteiger charge is -2.20. The summed E-state index contributed by atoms with van der Waals surface area (Å²) in [5.74, 6) is -0.430. The van der Waals surface area contributed by atoms with Gasteiger partial charge < -0.3 is 24.6 Å². The van der Waals surface area contributed by atoms with Crippen LogP contribution in [0.3, 0.4) is 0 Å². The summed E-state index contributed by atoms with van der Waals surface area (Å²) < 4.78 is 33.3. The van der Waals surface area contributed by atoms with E-state index in [2.05, 4.69) is 98.9 Å². The van der Waals surface area contributed by atoms with Crippen molar-refractivity contribution in [3.8, 4) is 0 Å². The van der Waals surface area contributed by atoms with E-state index in [9.17, 15) is 19.4 Å². The smallest absolute Gasteiger partial charge is 0.457 e. The third-order valence-electron chi connectivity index (χ3n) is 8.56. The molecule has 0 fully saturated rings. The van der Waals surface area contributed by atoms with E-state index in [0.29, 0.717) is 13.0 Å². The SMILES string of the molecule is CC/C=C\C/C=C\C/C=C\C/C=C\C/C=C\C/C=C\CCCCC(=O)OC(COCCCCCCCC/C=C\CCCCCC)COP(=O)(O)OCC(O)CO. The van der Waals surface area contributed by atoms with Crippen molar-refractivity contribution in [3.63, 3.8) is 0 Å². The fourth-order valence-electron chi connectivity index (χ4n) is 5.29. The summed E-state index contributed by atoms with van der Waals surface area (Å²) in [6, 6.07) is 0. The van der Waals surface area contributed by atoms with Crippen molar-refractivity contribution < 1.29 is 43.0 Å². The summed E-state index contributed by atoms with van der Waals surface area (Å²) in [5.41, 5.74) is 0. The minimum atomic E-state index is -4.54. The average molecular weight is 807 g/mol. The molecule has 0 aromatic carbocycles. The molecule has 0 aromatic rings. The van der Waals surface area contributed by atoms with Gasteiger partial charge in [0.25, 0.3) is 0 Å². The standard InChI is InChI=1S/C46H79O9P/c1-3-5-7-9-11-13-15-17-19-20-21-22-23-24-25-26-28-30-32-34-36-38-46(49)55-45(43-54-56(50,51)53-41-44(48)40-47)42-52-39-37-35-33-31-29-27-18-16-14-12-10-8-6-4-2/h5,7,11,13-14,16-17,19,21-22,24-25,28,30,44-45,47-48H,3-4,6,8-10,12,15,18,20,23,26-27,29,31-43H2,1-2H3,(H,50,51)/b7-5-,13-11-,16-14-,19-17-,22-21-,25-24-,30-28-. The zero-order chi connectivity index (χ0) is 41.1. The Morgan fingerprint density at radius 3 is 1.55 bits per heavy atom. The highest BCUT2D eigenvalue weighted by molar-refractivity contribution is 7.47. The number of esters is 1. The number of phosphoric acid groups is 1. The number of allylic oxidation sites excluding steroid dienone is 14. The lowest BCUT2D eigenvalue weighted by Crippen LogP contribution is -2.29. The number of carbonyl (C=O) groups is 1. The van der Waals surface area contributed by atoms with Crippen molar-refractivity contribution in [2.24, 2.45) is 0 Å². The minimum Gasteiger partial charge on any atom is -0.457 e. The molecule has 3 unspecified atom stereocenters. The van der Waals surface area contributed by atoms with Gasteiger partial charge in [-0.25, -0.2) is 4.57 Å². The Morgan fingerprint density at radius 1 is 0.571 bits per heavy atom. The lowest BCUT2D eigenvalue weighted by molar-refractivity contribution is -0.154. The van der Waals surface area contributed by atoms with Gasteiger partial charge in [-0.1, -0.05) is 144 Å². The Kier molecular flexibility index (Phi) is 40.5. The highest BCUT2D eigenvalue weighted by Crippen LogP contribution is 2.43. The van der Waals surface area contributed by atoms with E-state index in [1.54, 1.807) is 0 Å². The van der Waals surface area contributed by atoms with Gasteiger partial charge in [-0.3, -0.25) is 13.8 Å². The maximum atomic E-state index is 12.6. The molecule has 0 bridgehead atoms. The number of hydrogen-bond acceptors (Lipinski definition) is 8. The van der Waals surface area contributed by atoms with Gasteiger partial charge in [0.05, 0.1) is 26.4 Å². The minimum absolute atomic E-state index is 0.0221. The maximum absolute atomic E-state index is 12.6. The number of aliphatic hydroxyl groups excluding tert-OH is 2. The highest BCUT2D eigenvalue weighted by Gasteiger charge is 2.26. The second-order valence-corrected chi connectivity index (χ2v) is 15.4. The summed E-state index contributed by atoms with van der Waals surface area (Å²) >= 11 is 0. The van der Waals surface area contributed by atoms with Crippen LogP contribution < -0.4 is 0 Å². The van der Waals surface area contributed by atoms with Gasteiger partial charge in [0.1, 0.15) is 12.2 Å². The summed E-state index contributed by atoms with van der Waals surface area (Å²) in [5, 5.41) is 18.3. The predicted octanol–water partition coefficient (Wildman–Crippen LogP) is 11.9. The van der Waals surface area contributed by atoms with E-state index in [0.717, 1.165) is 77.0 Å². The molecule has 0 saturated carbocycles. The Labute approximate surface area is 341 Å². The molecular formula is C46H79O9P. The van der Waals surface area contributed by atoms with Crippen LogP contribution in [-0.4, -0.2) is 66.3 Å². The second kappa shape index (κ2) is 42.3. The van der Waals surface area contributed by atoms with Crippen LogP contribution in [0.4, 0.5) is 0 Å². The Bertz CT molecular complexity index is 1140. The van der Waals surface area contributed by atoms with Crippen molar-refractivity contribution in [2.45, 2.75) is 167 Å². The number of hydrogen-bond donors (Lipinski definition) is 3. The molecule has 10 heteroatoms. The summed E-state index contributed by atoms with van der Waals surface area (Å²) in [7, 11) is -4.54. The molecule has 0 amide bonds. The average Bonchev–Trinajstić information content (AvgIpc) is 3.19. The molecule has 322 valence electrons. The van der Waals surface area contributed by atoms with Crippen LogP contribution in [0.1, 0.15) is 155 Å². The lowest BCUT2D eigenvalue weighted by atomic mass is 10.1. The Morgan fingerprint density at radius 2 is 1.02 bits per heavy atom. The van der Waals surface area contributed by atoms with Crippen LogP contribution >= 0.6 is 7.82 Å². The second-order valence-electron chi connectivity index (χ2n) is 14.0. The van der Waals surface area contributed by atoms with Crippen LogP contribution in [0.15, 0.2) is 85.1 Å². The fourth-order valence-corrected chi connectivity index (χ4v) is 6.08. The largest absolute Gasteiger partial charge is 0.472 e. The number of rotatable bonds is 40. The molecule has 0 spiro atoms. The first kappa shape index (κ1) is 53.6. The van der Waals surface area contributed by atoms with E-state index in [1.807, 2.05) is 0 Å². The summed E-state index contributed by atoms with van der Waals surface area (Å²) in [6.45, 7) is 3.29. The van der Waals surface area contributed by atoms with E-state index in [-0.39, 0.29) is 13.0 Å². The van der Waals surface area contributed by atoms with Gasteiger partial charge >= 0.3 is 13.8 Å². The third-order valence-corrected chi connectivity index (χ3v) is 9.52. The van der Waals surface area contributed by atoms with Crippen molar-refractivity contribution in [1.29, 1.82) is 0 Å². The van der Waals surface area contributed by atoms with Crippen LogP contribution in [-0.2, 0) is 27.9 Å². The van der Waals surface area contributed by atoms with Crippen LogP contribution in [0.25, 0.3) is 0 Å². The van der Waals surface area contributed by atoms with E-state index in [1.165, 1.54) is 51.4 Å². The molecular weight excluding hydrogens is 727 g/mol. The predicted molar refractivity (Wildman–Crippen MR) is 232 cm³/mol. The van der Waals surface area contributed by atoms with Crippen molar-refractivity contribution in [1.82, 2.24) is 0 Å². The number of ether oxygens (including phenoxy) is 2. The Hall–Kier alpha value is -2.36. The normalized spacial score (nSPS) is 14.9. The summed E-state index contributed by atoms with van der Waals surface area (Å²) in [6.07, 6.45) is 51.1. The molecule has 3 N–H and O–H groups in total. The van der Waals surface area contributed by atoms with Gasteiger partial charge in [-0.2, -0.15) is 0 Å². The zero-order valence-corrected chi connectivity index (χ0v) is 36.0. The number of carbonyl (C=O) groups excluding carboxylic acids is 1. The molecule has 0 aromatic heterocycles. The summed E-state index contributed by atoms with van der Waals surface area (Å²) in [4.78, 5) is 22.6. The van der Waals surface area contributed by atoms with E-state index < -0.39 is 45.8 Å². The first-order valence-corrected chi connectivity index (χ1v) is 23.1. The van der Waals surface area contributed by atoms with Gasteiger partial charge in [0, 0.05) is 13.0 Å². The van der Waals surface area contributed by atoms with E-state index >= 15 is 0 Å². The van der Waals surface area contributed by atoms with Crippen molar-refractivity contribution >= 4 is 13.8 Å². The zero-order valence-electron chi connectivity index (χ0n) is 35.1. The fraction of sp³-hybridized carbons (Fsp3) is 0.674. The first-order chi connectivity index (χ1) is 27.3. The van der Waals surface area contributed by atoms with Crippen LogP contribution in [0, 0.1) is 0 Å². The molecule has 56 heavy (non-hydrogen) atoms. The first-order valence-electron chi connectivity index (χ1n) is 21.6. The van der Waals surface area contributed by atoms with Gasteiger partial charge in [0.15, 0.2) is 0 Å². The molecule has 0 heterocycles.